The summed E-state index contributed by atoms with van der Waals surface area (Å²) in [5, 5.41) is 3.52. The van der Waals surface area contributed by atoms with Crippen LogP contribution in [0.1, 0.15) is 52.4 Å². The number of ether oxygens (including phenoxy) is 2. The van der Waals surface area contributed by atoms with Crippen LogP contribution in [0.4, 0.5) is 0 Å². The Kier molecular flexibility index (Phi) is 12.9. The van der Waals surface area contributed by atoms with E-state index in [0.29, 0.717) is 18.2 Å². The van der Waals surface area contributed by atoms with Crippen molar-refractivity contribution in [2.75, 3.05) is 53.5 Å². The SMILES string of the molecule is CCC(C)N(C)CCNC(=NC)N1CCC(OCC2CCCCO2)CC1.I. The van der Waals surface area contributed by atoms with Crippen LogP contribution in [0.5, 0.6) is 0 Å². The maximum Gasteiger partial charge on any atom is 0.193 e. The molecule has 2 saturated heterocycles. The van der Waals surface area contributed by atoms with E-state index in [9.17, 15) is 0 Å². The zero-order valence-electron chi connectivity index (χ0n) is 17.8. The second-order valence-electron chi connectivity index (χ2n) is 7.72. The quantitative estimate of drug-likeness (QED) is 0.318. The van der Waals surface area contributed by atoms with Crippen molar-refractivity contribution in [1.82, 2.24) is 15.1 Å². The lowest BCUT2D eigenvalue weighted by Gasteiger charge is -2.35. The number of nitrogens with one attached hydrogen (secondary N) is 1. The fourth-order valence-corrected chi connectivity index (χ4v) is 3.62. The van der Waals surface area contributed by atoms with Gasteiger partial charge in [-0.3, -0.25) is 4.99 Å². The van der Waals surface area contributed by atoms with E-state index in [1.165, 1.54) is 19.3 Å². The summed E-state index contributed by atoms with van der Waals surface area (Å²) in [6, 6.07) is 0.625. The number of hydrogen-bond acceptors (Lipinski definition) is 4. The zero-order valence-corrected chi connectivity index (χ0v) is 20.1. The molecule has 2 fully saturated rings. The summed E-state index contributed by atoms with van der Waals surface area (Å²) < 4.78 is 11.9. The Bertz CT molecular complexity index is 411. The Balaban J connectivity index is 0.00000364. The summed E-state index contributed by atoms with van der Waals surface area (Å²) in [6.45, 7) is 10.2. The molecule has 160 valence electrons. The predicted molar refractivity (Wildman–Crippen MR) is 123 cm³/mol. The van der Waals surface area contributed by atoms with Crippen LogP contribution in [0.3, 0.4) is 0 Å². The van der Waals surface area contributed by atoms with Gasteiger partial charge in [0.05, 0.1) is 18.8 Å². The molecule has 6 nitrogen and oxygen atoms in total. The molecule has 2 heterocycles. The maximum absolute atomic E-state index is 6.12. The Labute approximate surface area is 183 Å². The van der Waals surface area contributed by atoms with Crippen molar-refractivity contribution < 1.29 is 9.47 Å². The average molecular weight is 496 g/mol. The molecule has 2 atom stereocenters. The minimum absolute atomic E-state index is 0. The number of likely N-dealkylation sites (tertiary alicyclic amines) is 1. The molecule has 0 saturated carbocycles. The van der Waals surface area contributed by atoms with Gasteiger partial charge in [-0.05, 0) is 52.5 Å². The highest BCUT2D eigenvalue weighted by atomic mass is 127. The largest absolute Gasteiger partial charge is 0.376 e. The Morgan fingerprint density at radius 1 is 1.30 bits per heavy atom. The van der Waals surface area contributed by atoms with Gasteiger partial charge < -0.3 is 24.6 Å². The van der Waals surface area contributed by atoms with Gasteiger partial charge in [0.1, 0.15) is 0 Å². The third-order valence-electron chi connectivity index (χ3n) is 5.84. The van der Waals surface area contributed by atoms with E-state index < -0.39 is 0 Å². The molecule has 2 rings (SSSR count). The molecule has 0 aromatic carbocycles. The average Bonchev–Trinajstić information content (AvgIpc) is 2.70. The van der Waals surface area contributed by atoms with Gasteiger partial charge in [-0.1, -0.05) is 6.92 Å². The molecular formula is C20H41IN4O2. The highest BCUT2D eigenvalue weighted by Gasteiger charge is 2.23. The number of halogens is 1. The van der Waals surface area contributed by atoms with Crippen molar-refractivity contribution in [3.8, 4) is 0 Å². The van der Waals surface area contributed by atoms with Crippen molar-refractivity contribution in [2.24, 2.45) is 4.99 Å². The number of likely N-dealkylation sites (N-methyl/N-ethyl adjacent to an activating group) is 1. The van der Waals surface area contributed by atoms with Crippen LogP contribution in [0.2, 0.25) is 0 Å². The molecule has 27 heavy (non-hydrogen) atoms. The first-order valence-corrected chi connectivity index (χ1v) is 10.5. The van der Waals surface area contributed by atoms with Crippen LogP contribution in [0.15, 0.2) is 4.99 Å². The van der Waals surface area contributed by atoms with Crippen molar-refractivity contribution in [1.29, 1.82) is 0 Å². The van der Waals surface area contributed by atoms with Gasteiger partial charge in [0.2, 0.25) is 0 Å². The van der Waals surface area contributed by atoms with E-state index in [0.717, 1.165) is 64.6 Å². The Morgan fingerprint density at radius 2 is 2.04 bits per heavy atom. The molecule has 2 aliphatic rings. The molecule has 0 radical (unpaired) electrons. The highest BCUT2D eigenvalue weighted by molar-refractivity contribution is 14.0. The van der Waals surface area contributed by atoms with Gasteiger partial charge in [0, 0.05) is 45.9 Å². The van der Waals surface area contributed by atoms with Gasteiger partial charge in [-0.25, -0.2) is 0 Å². The van der Waals surface area contributed by atoms with E-state index in [2.05, 4.69) is 41.0 Å². The number of nitrogens with zero attached hydrogens (tertiary/aromatic N) is 3. The van der Waals surface area contributed by atoms with Crippen molar-refractivity contribution in [2.45, 2.75) is 70.6 Å². The summed E-state index contributed by atoms with van der Waals surface area (Å²) in [5.74, 6) is 1.02. The molecular weight excluding hydrogens is 455 g/mol. The Hall–Kier alpha value is -0.120. The maximum atomic E-state index is 6.12. The van der Waals surface area contributed by atoms with Crippen LogP contribution in [0, 0.1) is 0 Å². The van der Waals surface area contributed by atoms with E-state index in [1.54, 1.807) is 0 Å². The Morgan fingerprint density at radius 3 is 2.63 bits per heavy atom. The molecule has 2 unspecified atom stereocenters. The summed E-state index contributed by atoms with van der Waals surface area (Å²) in [6.07, 6.45) is 7.64. The number of piperidine rings is 1. The van der Waals surface area contributed by atoms with Gasteiger partial charge in [-0.15, -0.1) is 24.0 Å². The second-order valence-corrected chi connectivity index (χ2v) is 7.72. The molecule has 0 aromatic rings. The highest BCUT2D eigenvalue weighted by Crippen LogP contribution is 2.17. The summed E-state index contributed by atoms with van der Waals surface area (Å²) >= 11 is 0. The predicted octanol–water partition coefficient (Wildman–Crippen LogP) is 2.96. The molecule has 0 aromatic heterocycles. The summed E-state index contributed by atoms with van der Waals surface area (Å²) in [5.41, 5.74) is 0. The normalized spacial score (nSPS) is 23.2. The molecule has 2 aliphatic heterocycles. The van der Waals surface area contributed by atoms with Crippen LogP contribution in [-0.2, 0) is 9.47 Å². The standard InChI is InChI=1S/C20H40N4O2.HI/c1-5-17(2)23(4)14-11-22-20(21-3)24-12-9-18(10-13-24)26-16-19-8-6-7-15-25-19;/h17-19H,5-16H2,1-4H3,(H,21,22);1H. The smallest absolute Gasteiger partial charge is 0.193 e. The summed E-state index contributed by atoms with van der Waals surface area (Å²) in [7, 11) is 4.07. The first-order chi connectivity index (χ1) is 12.6. The van der Waals surface area contributed by atoms with Crippen molar-refractivity contribution >= 4 is 29.9 Å². The van der Waals surface area contributed by atoms with Crippen molar-refractivity contribution in [3.63, 3.8) is 0 Å². The fraction of sp³-hybridized carbons (Fsp3) is 0.950. The van der Waals surface area contributed by atoms with Crippen LogP contribution < -0.4 is 5.32 Å². The third-order valence-corrected chi connectivity index (χ3v) is 5.84. The monoisotopic (exact) mass is 496 g/mol. The molecule has 0 bridgehead atoms. The number of aliphatic imine (C=N–C) groups is 1. The van der Waals surface area contributed by atoms with Gasteiger partial charge in [-0.2, -0.15) is 0 Å². The first kappa shape index (κ1) is 24.9. The molecule has 0 aliphatic carbocycles. The lowest BCUT2D eigenvalue weighted by atomic mass is 10.1. The number of guanidine groups is 1. The molecule has 7 heteroatoms. The van der Waals surface area contributed by atoms with Gasteiger partial charge >= 0.3 is 0 Å². The fourth-order valence-electron chi connectivity index (χ4n) is 3.62. The van der Waals surface area contributed by atoms with E-state index >= 15 is 0 Å². The van der Waals surface area contributed by atoms with E-state index in [4.69, 9.17) is 9.47 Å². The molecule has 1 N–H and O–H groups in total. The van der Waals surface area contributed by atoms with Crippen LogP contribution >= 0.6 is 24.0 Å². The topological polar surface area (TPSA) is 49.3 Å². The van der Waals surface area contributed by atoms with Gasteiger partial charge in [0.15, 0.2) is 5.96 Å². The van der Waals surface area contributed by atoms with Crippen molar-refractivity contribution in [3.05, 3.63) is 0 Å². The van der Waals surface area contributed by atoms with E-state index in [1.807, 2.05) is 7.05 Å². The summed E-state index contributed by atoms with van der Waals surface area (Å²) in [4.78, 5) is 9.23. The van der Waals surface area contributed by atoms with Crippen LogP contribution in [-0.4, -0.2) is 87.5 Å². The van der Waals surface area contributed by atoms with Gasteiger partial charge in [0.25, 0.3) is 0 Å². The lowest BCUT2D eigenvalue weighted by molar-refractivity contribution is -0.0721. The lowest BCUT2D eigenvalue weighted by Crippen LogP contribution is -2.49. The van der Waals surface area contributed by atoms with Crippen LogP contribution in [0.25, 0.3) is 0 Å². The molecule has 0 spiro atoms. The minimum Gasteiger partial charge on any atom is -0.376 e. The number of rotatable bonds is 8. The second kappa shape index (κ2) is 14.0. The van der Waals surface area contributed by atoms with E-state index in [-0.39, 0.29) is 24.0 Å². The first-order valence-electron chi connectivity index (χ1n) is 10.5. The molecule has 0 amide bonds. The minimum atomic E-state index is 0. The number of hydrogen-bond donors (Lipinski definition) is 1. The zero-order chi connectivity index (χ0) is 18.8. The third kappa shape index (κ3) is 8.83.